The molecule has 0 bridgehead atoms. The van der Waals surface area contributed by atoms with Gasteiger partial charge in [-0.15, -0.1) is 0 Å². The first-order valence-corrected chi connectivity index (χ1v) is 7.18. The van der Waals surface area contributed by atoms with Gasteiger partial charge in [0.15, 0.2) is 0 Å². The van der Waals surface area contributed by atoms with Gasteiger partial charge < -0.3 is 10.4 Å². The fraction of sp³-hybridized carbons (Fsp3) is 0.118. The molecule has 0 fully saturated rings. The molecular weight excluding hydrogens is 326 g/mol. The van der Waals surface area contributed by atoms with E-state index in [4.69, 9.17) is 5.26 Å². The molecule has 2 rings (SSSR count). The summed E-state index contributed by atoms with van der Waals surface area (Å²) in [5.41, 5.74) is 0.512. The largest absolute Gasteiger partial charge is 0.480 e. The number of carbonyl (C=O) groups excluding carboxylic acids is 1. The van der Waals surface area contributed by atoms with Crippen molar-refractivity contribution < 1.29 is 19.6 Å². The molecule has 8 heteroatoms. The zero-order valence-electron chi connectivity index (χ0n) is 12.9. The molecule has 0 aliphatic rings. The van der Waals surface area contributed by atoms with Crippen molar-refractivity contribution in [1.29, 1.82) is 5.26 Å². The number of rotatable bonds is 6. The molecule has 0 saturated heterocycles. The lowest BCUT2D eigenvalue weighted by Crippen LogP contribution is -2.42. The Labute approximate surface area is 142 Å². The van der Waals surface area contributed by atoms with Crippen molar-refractivity contribution in [2.75, 3.05) is 0 Å². The summed E-state index contributed by atoms with van der Waals surface area (Å²) < 4.78 is 0. The Bertz CT molecular complexity index is 873. The molecule has 0 radical (unpaired) electrons. The van der Waals surface area contributed by atoms with Gasteiger partial charge in [-0.3, -0.25) is 14.9 Å². The molecule has 1 amide bonds. The first kappa shape index (κ1) is 17.6. The minimum absolute atomic E-state index is 0.0194. The summed E-state index contributed by atoms with van der Waals surface area (Å²) >= 11 is 0. The van der Waals surface area contributed by atoms with E-state index in [1.165, 1.54) is 18.2 Å². The van der Waals surface area contributed by atoms with Crippen LogP contribution >= 0.6 is 0 Å². The van der Waals surface area contributed by atoms with E-state index in [2.05, 4.69) is 5.32 Å². The number of hydrogen-bond acceptors (Lipinski definition) is 5. The third-order valence-electron chi connectivity index (χ3n) is 3.48. The maximum Gasteiger partial charge on any atom is 0.326 e. The minimum atomic E-state index is -1.28. The predicted octanol–water partition coefficient (Wildman–Crippen LogP) is 1.89. The molecule has 0 unspecified atom stereocenters. The Morgan fingerprint density at radius 1 is 1.24 bits per heavy atom. The number of nitro benzene ring substituents is 1. The summed E-state index contributed by atoms with van der Waals surface area (Å²) in [4.78, 5) is 33.8. The van der Waals surface area contributed by atoms with E-state index < -0.39 is 22.8 Å². The van der Waals surface area contributed by atoms with E-state index in [0.717, 1.165) is 6.07 Å². The zero-order chi connectivity index (χ0) is 18.4. The Balaban J connectivity index is 2.20. The van der Waals surface area contributed by atoms with Gasteiger partial charge in [0.05, 0.1) is 16.6 Å². The number of nitrogens with zero attached hydrogens (tertiary/aromatic N) is 2. The number of nitro groups is 1. The van der Waals surface area contributed by atoms with Crippen molar-refractivity contribution in [3.8, 4) is 6.07 Å². The molecule has 0 aromatic heterocycles. The summed E-state index contributed by atoms with van der Waals surface area (Å²) in [5, 5.41) is 31.5. The summed E-state index contributed by atoms with van der Waals surface area (Å²) in [7, 11) is 0. The molecule has 0 saturated carbocycles. The third kappa shape index (κ3) is 4.39. The number of nitriles is 1. The standard InChI is InChI=1S/C17H13N3O5/c18-10-13-5-2-1-4-11(13)9-15(17(22)23)19-16(21)12-6-3-7-14(8-12)20(24)25/h1-8,15H,9H2,(H,19,21)(H,22,23)/t15-/m1/s1. The number of carboxylic acid groups (broad SMARTS) is 1. The van der Waals surface area contributed by atoms with Gasteiger partial charge in [-0.05, 0) is 17.7 Å². The maximum absolute atomic E-state index is 12.2. The van der Waals surface area contributed by atoms with Crippen LogP contribution in [0.4, 0.5) is 5.69 Å². The number of amides is 1. The van der Waals surface area contributed by atoms with Crippen LogP contribution in [0.1, 0.15) is 21.5 Å². The topological polar surface area (TPSA) is 133 Å². The molecular formula is C17H13N3O5. The second-order valence-electron chi connectivity index (χ2n) is 5.14. The van der Waals surface area contributed by atoms with Gasteiger partial charge >= 0.3 is 5.97 Å². The molecule has 126 valence electrons. The van der Waals surface area contributed by atoms with Crippen LogP contribution in [-0.2, 0) is 11.2 Å². The average Bonchev–Trinajstić information content (AvgIpc) is 2.61. The zero-order valence-corrected chi connectivity index (χ0v) is 12.9. The third-order valence-corrected chi connectivity index (χ3v) is 3.48. The van der Waals surface area contributed by atoms with Crippen LogP contribution in [0.2, 0.25) is 0 Å². The van der Waals surface area contributed by atoms with Crippen LogP contribution < -0.4 is 5.32 Å². The summed E-state index contributed by atoms with van der Waals surface area (Å²) in [6, 6.07) is 12.2. The van der Waals surface area contributed by atoms with Gasteiger partial charge in [-0.25, -0.2) is 4.79 Å². The van der Waals surface area contributed by atoms with E-state index in [1.54, 1.807) is 24.3 Å². The second kappa shape index (κ2) is 7.70. The molecule has 0 heterocycles. The molecule has 2 N–H and O–H groups in total. The normalized spacial score (nSPS) is 11.2. The smallest absolute Gasteiger partial charge is 0.326 e. The van der Waals surface area contributed by atoms with Crippen LogP contribution in [0, 0.1) is 21.4 Å². The molecule has 8 nitrogen and oxygen atoms in total. The van der Waals surface area contributed by atoms with Crippen LogP contribution in [0.25, 0.3) is 0 Å². The van der Waals surface area contributed by atoms with Crippen molar-refractivity contribution in [2.45, 2.75) is 12.5 Å². The molecule has 1 atom stereocenters. The number of non-ortho nitro benzene ring substituents is 1. The first-order valence-electron chi connectivity index (χ1n) is 7.18. The van der Waals surface area contributed by atoms with Crippen molar-refractivity contribution in [3.63, 3.8) is 0 Å². The minimum Gasteiger partial charge on any atom is -0.480 e. The number of carbonyl (C=O) groups is 2. The highest BCUT2D eigenvalue weighted by Crippen LogP contribution is 2.14. The fourth-order valence-corrected chi connectivity index (χ4v) is 2.23. The van der Waals surface area contributed by atoms with Gasteiger partial charge in [-0.1, -0.05) is 24.3 Å². The van der Waals surface area contributed by atoms with E-state index in [9.17, 15) is 24.8 Å². The Kier molecular flexibility index (Phi) is 5.43. The van der Waals surface area contributed by atoms with E-state index in [1.807, 2.05) is 6.07 Å². The van der Waals surface area contributed by atoms with Gasteiger partial charge in [0.2, 0.25) is 0 Å². The summed E-state index contributed by atoms with van der Waals surface area (Å²) in [5.74, 6) is -2.02. The van der Waals surface area contributed by atoms with E-state index in [-0.39, 0.29) is 17.7 Å². The highest BCUT2D eigenvalue weighted by atomic mass is 16.6. The molecule has 0 aliphatic heterocycles. The van der Waals surface area contributed by atoms with Crippen molar-refractivity contribution >= 4 is 17.6 Å². The number of benzene rings is 2. The number of hydrogen-bond donors (Lipinski definition) is 2. The van der Waals surface area contributed by atoms with Crippen molar-refractivity contribution in [2.24, 2.45) is 0 Å². The van der Waals surface area contributed by atoms with E-state index >= 15 is 0 Å². The monoisotopic (exact) mass is 339 g/mol. The van der Waals surface area contributed by atoms with Gasteiger partial charge in [0, 0.05) is 24.1 Å². The number of nitrogens with one attached hydrogen (secondary N) is 1. The Morgan fingerprint density at radius 2 is 1.96 bits per heavy atom. The summed E-state index contributed by atoms with van der Waals surface area (Å²) in [6.07, 6.45) is -0.0836. The lowest BCUT2D eigenvalue weighted by molar-refractivity contribution is -0.384. The Morgan fingerprint density at radius 3 is 2.60 bits per heavy atom. The highest BCUT2D eigenvalue weighted by Gasteiger charge is 2.23. The average molecular weight is 339 g/mol. The molecule has 2 aromatic carbocycles. The summed E-state index contributed by atoms with van der Waals surface area (Å²) in [6.45, 7) is 0. The lowest BCUT2D eigenvalue weighted by atomic mass is 10.0. The quantitative estimate of drug-likeness (QED) is 0.610. The first-order chi connectivity index (χ1) is 11.9. The molecule has 2 aromatic rings. The van der Waals surface area contributed by atoms with Crippen LogP contribution in [0.5, 0.6) is 0 Å². The molecule has 0 spiro atoms. The van der Waals surface area contributed by atoms with Crippen molar-refractivity contribution in [1.82, 2.24) is 5.32 Å². The number of aliphatic carboxylic acids is 1. The van der Waals surface area contributed by atoms with Crippen LogP contribution in [-0.4, -0.2) is 27.9 Å². The lowest BCUT2D eigenvalue weighted by Gasteiger charge is -2.15. The predicted molar refractivity (Wildman–Crippen MR) is 86.8 cm³/mol. The van der Waals surface area contributed by atoms with Crippen LogP contribution in [0.3, 0.4) is 0 Å². The van der Waals surface area contributed by atoms with Gasteiger partial charge in [0.1, 0.15) is 6.04 Å². The second-order valence-corrected chi connectivity index (χ2v) is 5.14. The van der Waals surface area contributed by atoms with Crippen LogP contribution in [0.15, 0.2) is 48.5 Å². The Hall–Kier alpha value is -3.73. The van der Waals surface area contributed by atoms with Gasteiger partial charge in [-0.2, -0.15) is 5.26 Å². The molecule has 0 aliphatic carbocycles. The number of carboxylic acids is 1. The van der Waals surface area contributed by atoms with Crippen molar-refractivity contribution in [3.05, 3.63) is 75.3 Å². The molecule has 25 heavy (non-hydrogen) atoms. The van der Waals surface area contributed by atoms with E-state index in [0.29, 0.717) is 11.1 Å². The maximum atomic E-state index is 12.2. The fourth-order valence-electron chi connectivity index (χ4n) is 2.23. The van der Waals surface area contributed by atoms with Gasteiger partial charge in [0.25, 0.3) is 11.6 Å². The highest BCUT2D eigenvalue weighted by molar-refractivity contribution is 5.97. The SMILES string of the molecule is N#Cc1ccccc1C[C@@H](NC(=O)c1cccc([N+](=O)[O-])c1)C(=O)O.